The van der Waals surface area contributed by atoms with Crippen molar-refractivity contribution in [2.24, 2.45) is 0 Å². The average Bonchev–Trinajstić information content (AvgIpc) is 3.39. The molecule has 0 bridgehead atoms. The van der Waals surface area contributed by atoms with Gasteiger partial charge in [-0.1, -0.05) is 46.9 Å². The molecule has 2 atom stereocenters. The molecule has 0 spiro atoms. The molecule has 0 aliphatic carbocycles. The molecule has 12 heteroatoms. The summed E-state index contributed by atoms with van der Waals surface area (Å²) in [6.07, 6.45) is 0.264. The van der Waals surface area contributed by atoms with Crippen LogP contribution in [0.1, 0.15) is 21.5 Å². The van der Waals surface area contributed by atoms with Gasteiger partial charge in [0.2, 0.25) is 0 Å². The van der Waals surface area contributed by atoms with E-state index in [4.69, 9.17) is 0 Å². The van der Waals surface area contributed by atoms with Gasteiger partial charge in [0.15, 0.2) is 15.5 Å². The molecular formula is C16H16N6O4S2. The van der Waals surface area contributed by atoms with Gasteiger partial charge in [-0.05, 0) is 0 Å². The van der Waals surface area contributed by atoms with Gasteiger partial charge in [0.1, 0.15) is 10.0 Å². The lowest BCUT2D eigenvalue weighted by molar-refractivity contribution is 0.0945. The fraction of sp³-hybridized carbons (Fsp3) is 0.312. The number of sulfone groups is 1. The number of rotatable bonds is 5. The number of hydrogen-bond donors (Lipinski definition) is 2. The largest absolute Gasteiger partial charge is 0.390 e. The third-order valence-corrected chi connectivity index (χ3v) is 6.94. The zero-order valence-electron chi connectivity index (χ0n) is 14.5. The lowest BCUT2D eigenvalue weighted by Gasteiger charge is -2.11. The smallest absolute Gasteiger partial charge is 0.273 e. The van der Waals surface area contributed by atoms with Gasteiger partial charge in [0, 0.05) is 5.56 Å². The highest BCUT2D eigenvalue weighted by Crippen LogP contribution is 2.24. The minimum absolute atomic E-state index is 0.0318. The Labute approximate surface area is 164 Å². The van der Waals surface area contributed by atoms with Gasteiger partial charge in [-0.25, -0.2) is 13.1 Å². The van der Waals surface area contributed by atoms with Crippen LogP contribution in [0.15, 0.2) is 36.5 Å². The number of nitrogens with zero attached hydrogens (tertiary/aromatic N) is 5. The van der Waals surface area contributed by atoms with Crippen LogP contribution in [0.25, 0.3) is 10.6 Å². The molecule has 3 heterocycles. The third kappa shape index (κ3) is 3.93. The molecule has 0 radical (unpaired) electrons. The molecule has 146 valence electrons. The predicted molar refractivity (Wildman–Crippen MR) is 100 cm³/mol. The Kier molecular flexibility index (Phi) is 4.91. The number of hydrogen-bond acceptors (Lipinski definition) is 9. The van der Waals surface area contributed by atoms with Crippen LogP contribution in [0.3, 0.4) is 0 Å². The monoisotopic (exact) mass is 420 g/mol. The Morgan fingerprint density at radius 1 is 1.21 bits per heavy atom. The summed E-state index contributed by atoms with van der Waals surface area (Å²) in [5.74, 6) is -1.02. The number of benzene rings is 1. The number of aromatic nitrogens is 5. The Hall–Kier alpha value is -2.70. The molecular weight excluding hydrogens is 404 g/mol. The van der Waals surface area contributed by atoms with Gasteiger partial charge in [0.05, 0.1) is 36.4 Å². The summed E-state index contributed by atoms with van der Waals surface area (Å²) >= 11 is 1.37. The SMILES string of the molecule is O=C(NCc1nnc(-c2ccccc2)s1)c1cn(C2CS(=O)(=O)CC2O)nn1. The molecule has 1 fully saturated rings. The Balaban J connectivity index is 1.39. The van der Waals surface area contributed by atoms with E-state index in [2.05, 4.69) is 25.8 Å². The second kappa shape index (κ2) is 7.37. The number of amides is 1. The highest BCUT2D eigenvalue weighted by atomic mass is 32.2. The van der Waals surface area contributed by atoms with Crippen molar-refractivity contribution in [3.05, 3.63) is 47.2 Å². The Bertz CT molecular complexity index is 1100. The lowest BCUT2D eigenvalue weighted by Crippen LogP contribution is -2.24. The number of carbonyl (C=O) groups excluding carboxylic acids is 1. The minimum Gasteiger partial charge on any atom is -0.390 e. The number of aliphatic hydroxyl groups excluding tert-OH is 1. The summed E-state index contributed by atoms with van der Waals surface area (Å²) in [4.78, 5) is 12.3. The standard InChI is InChI=1S/C16H16N6O4S2/c23-13-9-28(25,26)8-12(13)22-7-11(18-21-22)15(24)17-6-14-19-20-16(27-14)10-4-2-1-3-5-10/h1-5,7,12-13,23H,6,8-9H2,(H,17,24). The molecule has 0 saturated carbocycles. The van der Waals surface area contributed by atoms with E-state index in [0.717, 1.165) is 10.6 Å². The van der Waals surface area contributed by atoms with Crippen LogP contribution in [-0.4, -0.2) is 62.2 Å². The van der Waals surface area contributed by atoms with Crippen LogP contribution in [0.4, 0.5) is 0 Å². The van der Waals surface area contributed by atoms with Crippen molar-refractivity contribution in [1.29, 1.82) is 0 Å². The van der Waals surface area contributed by atoms with Gasteiger partial charge in [0.25, 0.3) is 5.91 Å². The first-order valence-electron chi connectivity index (χ1n) is 8.37. The number of carbonyl (C=O) groups is 1. The van der Waals surface area contributed by atoms with E-state index in [9.17, 15) is 18.3 Å². The third-order valence-electron chi connectivity index (χ3n) is 4.26. The second-order valence-electron chi connectivity index (χ2n) is 6.35. The van der Waals surface area contributed by atoms with E-state index in [0.29, 0.717) is 5.01 Å². The van der Waals surface area contributed by atoms with E-state index >= 15 is 0 Å². The Morgan fingerprint density at radius 3 is 2.71 bits per heavy atom. The molecule has 1 saturated heterocycles. The molecule has 10 nitrogen and oxygen atoms in total. The number of nitrogens with one attached hydrogen (secondary N) is 1. The summed E-state index contributed by atoms with van der Waals surface area (Å²) in [6.45, 7) is 0.177. The normalized spacial score (nSPS) is 20.9. The fourth-order valence-corrected chi connectivity index (χ4v) is 5.43. The van der Waals surface area contributed by atoms with Crippen molar-refractivity contribution in [2.45, 2.75) is 18.7 Å². The summed E-state index contributed by atoms with van der Waals surface area (Å²) in [6, 6.07) is 8.86. The zero-order chi connectivity index (χ0) is 19.7. The van der Waals surface area contributed by atoms with Crippen molar-refractivity contribution >= 4 is 27.1 Å². The van der Waals surface area contributed by atoms with Crippen molar-refractivity contribution in [2.75, 3.05) is 11.5 Å². The van der Waals surface area contributed by atoms with E-state index in [1.807, 2.05) is 30.3 Å². The first-order chi connectivity index (χ1) is 13.4. The number of aliphatic hydroxyl groups is 1. The second-order valence-corrected chi connectivity index (χ2v) is 9.56. The molecule has 3 aromatic rings. The van der Waals surface area contributed by atoms with Gasteiger partial charge in [-0.2, -0.15) is 0 Å². The lowest BCUT2D eigenvalue weighted by atomic mass is 10.2. The van der Waals surface area contributed by atoms with Gasteiger partial charge >= 0.3 is 0 Å². The topological polar surface area (TPSA) is 140 Å². The molecule has 1 aliphatic heterocycles. The van der Waals surface area contributed by atoms with Crippen molar-refractivity contribution in [3.8, 4) is 10.6 Å². The van der Waals surface area contributed by atoms with E-state index in [-0.39, 0.29) is 23.7 Å². The maximum Gasteiger partial charge on any atom is 0.273 e. The van der Waals surface area contributed by atoms with Crippen LogP contribution >= 0.6 is 11.3 Å². The average molecular weight is 420 g/mol. The summed E-state index contributed by atoms with van der Waals surface area (Å²) in [5.41, 5.74) is 0.981. The molecule has 2 N–H and O–H groups in total. The van der Waals surface area contributed by atoms with Crippen LogP contribution in [0.5, 0.6) is 0 Å². The highest BCUT2D eigenvalue weighted by molar-refractivity contribution is 7.91. The van der Waals surface area contributed by atoms with Crippen molar-refractivity contribution in [1.82, 2.24) is 30.5 Å². The summed E-state index contributed by atoms with van der Waals surface area (Å²) in [5, 5.41) is 29.7. The van der Waals surface area contributed by atoms with Crippen LogP contribution in [0, 0.1) is 0 Å². The van der Waals surface area contributed by atoms with Gasteiger partial charge in [-0.15, -0.1) is 15.3 Å². The molecule has 1 amide bonds. The minimum atomic E-state index is -3.32. The quantitative estimate of drug-likeness (QED) is 0.590. The maximum atomic E-state index is 12.3. The van der Waals surface area contributed by atoms with Gasteiger partial charge in [-0.3, -0.25) is 4.79 Å². The van der Waals surface area contributed by atoms with E-state index < -0.39 is 27.9 Å². The fourth-order valence-electron chi connectivity index (χ4n) is 2.87. The molecule has 28 heavy (non-hydrogen) atoms. The molecule has 1 aromatic carbocycles. The first kappa shape index (κ1) is 18.7. The van der Waals surface area contributed by atoms with E-state index in [1.54, 1.807) is 0 Å². The van der Waals surface area contributed by atoms with Crippen LogP contribution < -0.4 is 5.32 Å². The van der Waals surface area contributed by atoms with Crippen LogP contribution in [0.2, 0.25) is 0 Å². The molecule has 4 rings (SSSR count). The molecule has 2 aromatic heterocycles. The predicted octanol–water partition coefficient (Wildman–Crippen LogP) is 0.0570. The Morgan fingerprint density at radius 2 is 2.00 bits per heavy atom. The van der Waals surface area contributed by atoms with Crippen LogP contribution in [-0.2, 0) is 16.4 Å². The van der Waals surface area contributed by atoms with E-state index in [1.165, 1.54) is 22.2 Å². The highest BCUT2D eigenvalue weighted by Gasteiger charge is 2.38. The van der Waals surface area contributed by atoms with Crippen molar-refractivity contribution in [3.63, 3.8) is 0 Å². The summed E-state index contributed by atoms with van der Waals surface area (Å²) in [7, 11) is -3.32. The van der Waals surface area contributed by atoms with Gasteiger partial charge < -0.3 is 10.4 Å². The first-order valence-corrected chi connectivity index (χ1v) is 11.0. The summed E-state index contributed by atoms with van der Waals surface area (Å²) < 4.78 is 24.5. The van der Waals surface area contributed by atoms with Crippen molar-refractivity contribution < 1.29 is 18.3 Å². The maximum absolute atomic E-state index is 12.3. The molecule has 2 unspecified atom stereocenters. The zero-order valence-corrected chi connectivity index (χ0v) is 16.1. The molecule has 1 aliphatic rings.